The van der Waals surface area contributed by atoms with E-state index in [-0.39, 0.29) is 234 Å². The largest absolute Gasteiger partial charge is 0.462 e. The molecule has 0 aromatic carbocycles. The second kappa shape index (κ2) is 45.1. The van der Waals surface area contributed by atoms with Gasteiger partial charge < -0.3 is 113 Å². The van der Waals surface area contributed by atoms with Gasteiger partial charge in [0.1, 0.15) is 61.7 Å². The van der Waals surface area contributed by atoms with Crippen molar-refractivity contribution in [3.63, 3.8) is 0 Å². The summed E-state index contributed by atoms with van der Waals surface area (Å²) < 4.78 is 67.9. The summed E-state index contributed by atoms with van der Waals surface area (Å²) in [6.45, 7) is 6.37. The molecule has 13 saturated carbocycles. The molecule has 0 amide bonds. The fourth-order valence-electron chi connectivity index (χ4n) is 24.6. The predicted molar refractivity (Wildman–Crippen MR) is 441 cm³/mol. The molecule has 0 heterocycles. The number of esters is 9. The van der Waals surface area contributed by atoms with Crippen LogP contribution < -0.4 is 0 Å². The van der Waals surface area contributed by atoms with Gasteiger partial charge in [-0.1, -0.05) is 20.8 Å². The molecule has 127 heavy (non-hydrogen) atoms. The summed E-state index contributed by atoms with van der Waals surface area (Å²) in [5.41, 5.74) is -0.166. The summed E-state index contributed by atoms with van der Waals surface area (Å²) in [6.07, 6.45) is -11.1. The van der Waals surface area contributed by atoms with Gasteiger partial charge in [-0.2, -0.15) is 0 Å². The highest BCUT2D eigenvalue weighted by atomic mass is 17.1. The molecule has 13 aliphatic rings. The van der Waals surface area contributed by atoms with Crippen LogP contribution in [0.1, 0.15) is 284 Å². The van der Waals surface area contributed by atoms with Gasteiger partial charge in [0, 0.05) is 25.7 Å². The Kier molecular flexibility index (Phi) is 35.2. The first-order chi connectivity index (χ1) is 60.4. The molecule has 0 spiro atoms. The van der Waals surface area contributed by atoms with Crippen LogP contribution in [0.15, 0.2) is 0 Å². The number of aliphatic hydroxyl groups excluding tert-OH is 12. The lowest BCUT2D eigenvalue weighted by Crippen LogP contribution is -2.45. The van der Waals surface area contributed by atoms with E-state index in [1.165, 1.54) is 0 Å². The molecule has 13 rings (SSSR count). The normalized spacial score (nSPS) is 42.8. The highest BCUT2D eigenvalue weighted by molar-refractivity contribution is 5.78. The van der Waals surface area contributed by atoms with Gasteiger partial charge in [-0.15, -0.1) is 0 Å². The number of carbonyl (C=O) groups excluding carboxylic acids is 9. The first kappa shape index (κ1) is 99.1. The molecular formula is C93H144O34. The number of hydrogen-bond donors (Lipinski definition) is 13. The number of carbonyl (C=O) groups is 9. The molecule has 34 nitrogen and oxygen atoms in total. The highest BCUT2D eigenvalue weighted by Crippen LogP contribution is 2.52. The maximum Gasteiger partial charge on any atom is 0.309 e. The van der Waals surface area contributed by atoms with Crippen LogP contribution in [0.4, 0.5) is 0 Å². The summed E-state index contributed by atoms with van der Waals surface area (Å²) >= 11 is 0. The zero-order valence-electron chi connectivity index (χ0n) is 74.0. The van der Waals surface area contributed by atoms with E-state index >= 15 is 0 Å². The van der Waals surface area contributed by atoms with Crippen LogP contribution in [0.3, 0.4) is 0 Å². The fourth-order valence-corrected chi connectivity index (χ4v) is 24.6. The topological polar surface area (TPSA) is 527 Å². The standard InChI is InChI=1S/C93H144O34/c1-46-12-48(24-75(13-46)119-91(113)56-29-77(121-85(107)50-16-62(96)34-63(97)17-50)42-78(30-56)122-86(108)51-18-64(98)35-65(99)19-51)83(127-115)47-4-6-58(7-5-47)93(2,3)59-8-10-72(11-9-59)118-89(111)55-27-81(125-90(112)54-25-73(116-45-117-74-39-70(104)38-71(105)40-74)41-76(26-54)120-84(106)49-14-60(94)33-61(95)15-49)44-82(28-55)126-92(114)57-31-79(123-87(109)52-20-66(100)36-67(101)21-52)43-80(32-57)124-88(110)53-22-68(102)37-69(103)23-53/h46-83,94-105,115H,4-45H2,1-3H3. The second-order valence-electron chi connectivity index (χ2n) is 41.8. The van der Waals surface area contributed by atoms with Gasteiger partial charge in [0.25, 0.3) is 0 Å². The van der Waals surface area contributed by atoms with E-state index in [4.69, 9.17) is 57.0 Å². The molecule has 26 atom stereocenters. The first-order valence-corrected chi connectivity index (χ1v) is 48.0. The molecule has 0 aromatic heterocycles. The number of rotatable bonds is 27. The van der Waals surface area contributed by atoms with Crippen molar-refractivity contribution in [3.8, 4) is 0 Å². The van der Waals surface area contributed by atoms with E-state index in [1.807, 2.05) is 0 Å². The maximum absolute atomic E-state index is 15.0. The highest BCUT2D eigenvalue weighted by Gasteiger charge is 2.51. The molecule has 0 aromatic rings. The summed E-state index contributed by atoms with van der Waals surface area (Å²) in [4.78, 5) is 133. The van der Waals surface area contributed by atoms with Crippen LogP contribution in [0.2, 0.25) is 0 Å². The van der Waals surface area contributed by atoms with Crippen molar-refractivity contribution >= 4 is 53.7 Å². The Hall–Kier alpha value is -5.41. The Morgan fingerprint density at radius 3 is 0.717 bits per heavy atom. The second-order valence-corrected chi connectivity index (χ2v) is 41.8. The molecule has 26 unspecified atom stereocenters. The quantitative estimate of drug-likeness (QED) is 0.0148. The molecule has 13 fully saturated rings. The van der Waals surface area contributed by atoms with E-state index in [0.717, 1.165) is 38.5 Å². The minimum Gasteiger partial charge on any atom is -0.462 e. The van der Waals surface area contributed by atoms with Crippen molar-refractivity contribution in [1.82, 2.24) is 0 Å². The molecule has 13 N–H and O–H groups in total. The van der Waals surface area contributed by atoms with Crippen molar-refractivity contribution < 1.29 is 167 Å². The van der Waals surface area contributed by atoms with Gasteiger partial charge in [-0.25, -0.2) is 4.89 Å². The molecular weight excluding hydrogens is 1660 g/mol. The Morgan fingerprint density at radius 1 is 0.236 bits per heavy atom. The number of aliphatic hydroxyl groups is 12. The van der Waals surface area contributed by atoms with Gasteiger partial charge in [0.05, 0.1) is 145 Å². The SMILES string of the molecule is CC1CC(OC(=O)C2CC(OC(=O)C3CC(O)CC(O)C3)CC(OC(=O)C3CC(O)CC(O)C3)C2)CC(C(OO)C2CCC(C(C)(C)C3CCC(OC(=O)C4CC(OC(=O)C5CC(OCOC6CC(O)CC(O)C6)CC(OC(=O)C6CC(O)CC(O)C6)C5)CC(OC(=O)C5CC(OC(=O)C6CC(O)CC(O)C6)CC(OC(=O)C6CC(O)CC(O)C6)C5)C4)CC3)CC2)C1. The van der Waals surface area contributed by atoms with Crippen LogP contribution >= 0.6 is 0 Å². The minimum atomic E-state index is -1.08. The predicted octanol–water partition coefficient (Wildman–Crippen LogP) is 5.95. The Balaban J connectivity index is 0.643. The van der Waals surface area contributed by atoms with Gasteiger partial charge in [0.2, 0.25) is 0 Å². The van der Waals surface area contributed by atoms with Gasteiger partial charge >= 0.3 is 53.7 Å². The fraction of sp³-hybridized carbons (Fsp3) is 0.903. The van der Waals surface area contributed by atoms with Crippen molar-refractivity contribution in [2.75, 3.05) is 6.79 Å². The van der Waals surface area contributed by atoms with Gasteiger partial charge in [-0.3, -0.25) is 48.4 Å². The average molecular weight is 1810 g/mol. The van der Waals surface area contributed by atoms with E-state index in [9.17, 15) is 110 Å². The number of hydrogen-bond acceptors (Lipinski definition) is 34. The lowest BCUT2D eigenvalue weighted by atomic mass is 9.59. The maximum atomic E-state index is 15.0. The average Bonchev–Trinajstić information content (AvgIpc) is 0.759. The van der Waals surface area contributed by atoms with Crippen molar-refractivity contribution in [3.05, 3.63) is 0 Å². The minimum absolute atomic E-state index is 0.0118. The molecule has 34 heteroatoms. The monoisotopic (exact) mass is 1800 g/mol. The summed E-state index contributed by atoms with van der Waals surface area (Å²) in [6, 6.07) is 0. The third-order valence-corrected chi connectivity index (χ3v) is 31.1. The van der Waals surface area contributed by atoms with Crippen LogP contribution in [0.5, 0.6) is 0 Å². The first-order valence-electron chi connectivity index (χ1n) is 48.0. The Bertz CT molecular complexity index is 3470. The number of ether oxygens (including phenoxy) is 11. The summed E-state index contributed by atoms with van der Waals surface area (Å²) in [5, 5.41) is 136. The third-order valence-electron chi connectivity index (χ3n) is 31.1. The summed E-state index contributed by atoms with van der Waals surface area (Å²) in [5.74, 6) is -13.6. The van der Waals surface area contributed by atoms with Crippen molar-refractivity contribution in [2.45, 2.75) is 431 Å². The smallest absolute Gasteiger partial charge is 0.309 e. The van der Waals surface area contributed by atoms with Crippen molar-refractivity contribution in [1.29, 1.82) is 0 Å². The van der Waals surface area contributed by atoms with Gasteiger partial charge in [0.15, 0.2) is 0 Å². The molecule has 0 radical (unpaired) electrons. The third kappa shape index (κ3) is 27.9. The Labute approximate surface area is 742 Å². The lowest BCUT2D eigenvalue weighted by molar-refractivity contribution is -0.309. The molecule has 13 aliphatic carbocycles. The zero-order valence-corrected chi connectivity index (χ0v) is 74.0. The molecule has 0 aliphatic heterocycles. The van der Waals surface area contributed by atoms with Gasteiger partial charge in [-0.05, 0) is 273 Å². The molecule has 720 valence electrons. The van der Waals surface area contributed by atoms with E-state index in [0.29, 0.717) is 32.1 Å². The zero-order chi connectivity index (χ0) is 90.8. The Morgan fingerprint density at radius 2 is 0.449 bits per heavy atom. The van der Waals surface area contributed by atoms with Crippen LogP contribution in [0, 0.1) is 88.3 Å². The molecule has 0 bridgehead atoms. The van der Waals surface area contributed by atoms with E-state index < -0.39 is 253 Å². The van der Waals surface area contributed by atoms with E-state index in [2.05, 4.69) is 20.8 Å². The lowest BCUT2D eigenvalue weighted by Gasteiger charge is -2.48. The van der Waals surface area contributed by atoms with E-state index in [1.54, 1.807) is 0 Å². The van der Waals surface area contributed by atoms with Crippen LogP contribution in [-0.4, -0.2) is 274 Å². The molecule has 0 saturated heterocycles. The summed E-state index contributed by atoms with van der Waals surface area (Å²) in [7, 11) is 0. The van der Waals surface area contributed by atoms with Crippen molar-refractivity contribution in [2.24, 2.45) is 88.3 Å². The van der Waals surface area contributed by atoms with Crippen LogP contribution in [-0.2, 0) is 100 Å². The van der Waals surface area contributed by atoms with Crippen LogP contribution in [0.25, 0.3) is 0 Å².